The SMILES string of the molecule is COCCC1CN(Cc2ccccc2)CCO1. The molecule has 1 heterocycles. The molecule has 1 fully saturated rings. The maximum Gasteiger partial charge on any atom is 0.0724 e. The summed E-state index contributed by atoms with van der Waals surface area (Å²) in [5, 5.41) is 0. The number of hydrogen-bond acceptors (Lipinski definition) is 3. The van der Waals surface area contributed by atoms with Crippen molar-refractivity contribution in [2.75, 3.05) is 33.4 Å². The van der Waals surface area contributed by atoms with Gasteiger partial charge in [-0.05, 0) is 12.0 Å². The van der Waals surface area contributed by atoms with Crippen molar-refractivity contribution in [2.45, 2.75) is 19.1 Å². The van der Waals surface area contributed by atoms with E-state index in [1.54, 1.807) is 7.11 Å². The van der Waals surface area contributed by atoms with Crippen LogP contribution in [0.2, 0.25) is 0 Å². The van der Waals surface area contributed by atoms with Crippen molar-refractivity contribution < 1.29 is 9.47 Å². The van der Waals surface area contributed by atoms with E-state index < -0.39 is 0 Å². The average Bonchev–Trinajstić information content (AvgIpc) is 2.38. The van der Waals surface area contributed by atoms with Gasteiger partial charge in [0.1, 0.15) is 0 Å². The van der Waals surface area contributed by atoms with E-state index >= 15 is 0 Å². The van der Waals surface area contributed by atoms with Crippen molar-refractivity contribution in [1.29, 1.82) is 0 Å². The number of methoxy groups -OCH3 is 1. The number of hydrogen-bond donors (Lipinski definition) is 0. The molecule has 2 rings (SSSR count). The van der Waals surface area contributed by atoms with Gasteiger partial charge in [0.2, 0.25) is 0 Å². The summed E-state index contributed by atoms with van der Waals surface area (Å²) in [6.07, 6.45) is 1.31. The van der Waals surface area contributed by atoms with Gasteiger partial charge in [0, 0.05) is 33.4 Å². The summed E-state index contributed by atoms with van der Waals surface area (Å²) in [5.41, 5.74) is 1.37. The largest absolute Gasteiger partial charge is 0.385 e. The molecule has 1 aromatic carbocycles. The highest BCUT2D eigenvalue weighted by Crippen LogP contribution is 2.12. The summed E-state index contributed by atoms with van der Waals surface area (Å²) in [5.74, 6) is 0. The maximum absolute atomic E-state index is 5.73. The topological polar surface area (TPSA) is 21.7 Å². The van der Waals surface area contributed by atoms with Gasteiger partial charge in [-0.15, -0.1) is 0 Å². The zero-order valence-corrected chi connectivity index (χ0v) is 10.5. The van der Waals surface area contributed by atoms with Crippen LogP contribution >= 0.6 is 0 Å². The molecule has 0 aromatic heterocycles. The highest BCUT2D eigenvalue weighted by atomic mass is 16.5. The Labute approximate surface area is 103 Å². The molecule has 0 bridgehead atoms. The highest BCUT2D eigenvalue weighted by Gasteiger charge is 2.19. The Balaban J connectivity index is 1.81. The van der Waals surface area contributed by atoms with Crippen LogP contribution in [0.15, 0.2) is 30.3 Å². The fraction of sp³-hybridized carbons (Fsp3) is 0.571. The third kappa shape index (κ3) is 4.11. The van der Waals surface area contributed by atoms with Crippen LogP contribution in [0.5, 0.6) is 0 Å². The Morgan fingerprint density at radius 3 is 2.94 bits per heavy atom. The summed E-state index contributed by atoms with van der Waals surface area (Å²) < 4.78 is 10.8. The second kappa shape index (κ2) is 6.74. The van der Waals surface area contributed by atoms with E-state index in [1.165, 1.54) is 5.56 Å². The van der Waals surface area contributed by atoms with Crippen LogP contribution in [0.25, 0.3) is 0 Å². The molecule has 1 aromatic rings. The molecule has 0 amide bonds. The van der Waals surface area contributed by atoms with Crippen LogP contribution < -0.4 is 0 Å². The van der Waals surface area contributed by atoms with Gasteiger partial charge in [0.25, 0.3) is 0 Å². The minimum Gasteiger partial charge on any atom is -0.385 e. The molecule has 1 unspecified atom stereocenters. The van der Waals surface area contributed by atoms with Crippen LogP contribution in [0.3, 0.4) is 0 Å². The van der Waals surface area contributed by atoms with Crippen LogP contribution in [0.4, 0.5) is 0 Å². The van der Waals surface area contributed by atoms with Gasteiger partial charge in [-0.1, -0.05) is 30.3 Å². The minimum absolute atomic E-state index is 0.326. The molecule has 17 heavy (non-hydrogen) atoms. The minimum atomic E-state index is 0.326. The fourth-order valence-electron chi connectivity index (χ4n) is 2.19. The molecule has 0 saturated carbocycles. The summed E-state index contributed by atoms with van der Waals surface area (Å²) in [6.45, 7) is 4.68. The molecule has 1 saturated heterocycles. The maximum atomic E-state index is 5.73. The van der Waals surface area contributed by atoms with Crippen LogP contribution in [-0.4, -0.2) is 44.4 Å². The van der Waals surface area contributed by atoms with Gasteiger partial charge in [-0.3, -0.25) is 4.90 Å². The quantitative estimate of drug-likeness (QED) is 0.778. The average molecular weight is 235 g/mol. The lowest BCUT2D eigenvalue weighted by Crippen LogP contribution is -2.42. The highest BCUT2D eigenvalue weighted by molar-refractivity contribution is 5.14. The first-order chi connectivity index (χ1) is 8.38. The molecule has 1 atom stereocenters. The molecular formula is C14H21NO2. The van der Waals surface area contributed by atoms with Gasteiger partial charge >= 0.3 is 0 Å². The summed E-state index contributed by atoms with van der Waals surface area (Å²) in [6, 6.07) is 10.6. The molecule has 1 aliphatic rings. The van der Waals surface area contributed by atoms with Gasteiger partial charge in [0.05, 0.1) is 12.7 Å². The molecule has 1 aliphatic heterocycles. The van der Waals surface area contributed by atoms with Crippen molar-refractivity contribution in [1.82, 2.24) is 4.90 Å². The molecule has 0 radical (unpaired) electrons. The lowest BCUT2D eigenvalue weighted by molar-refractivity contribution is -0.0432. The van der Waals surface area contributed by atoms with Crippen molar-refractivity contribution in [3.8, 4) is 0 Å². The molecular weight excluding hydrogens is 214 g/mol. The number of benzene rings is 1. The standard InChI is InChI=1S/C14H21NO2/c1-16-9-7-14-12-15(8-10-17-14)11-13-5-3-2-4-6-13/h2-6,14H,7-12H2,1H3. The normalized spacial score (nSPS) is 21.6. The Kier molecular flexibility index (Phi) is 4.98. The van der Waals surface area contributed by atoms with E-state index in [4.69, 9.17) is 9.47 Å². The van der Waals surface area contributed by atoms with Crippen molar-refractivity contribution in [3.05, 3.63) is 35.9 Å². The van der Waals surface area contributed by atoms with Gasteiger partial charge in [-0.2, -0.15) is 0 Å². The smallest absolute Gasteiger partial charge is 0.0724 e. The third-order valence-electron chi connectivity index (χ3n) is 3.12. The van der Waals surface area contributed by atoms with E-state index in [1.807, 2.05) is 0 Å². The predicted molar refractivity (Wildman–Crippen MR) is 68.0 cm³/mol. The molecule has 3 heteroatoms. The fourth-order valence-corrected chi connectivity index (χ4v) is 2.19. The van der Waals surface area contributed by atoms with Gasteiger partial charge in [0.15, 0.2) is 0 Å². The zero-order chi connectivity index (χ0) is 11.9. The first-order valence-corrected chi connectivity index (χ1v) is 6.25. The Morgan fingerprint density at radius 2 is 2.18 bits per heavy atom. The van der Waals surface area contributed by atoms with Crippen molar-refractivity contribution >= 4 is 0 Å². The lowest BCUT2D eigenvalue weighted by Gasteiger charge is -2.32. The number of morpholine rings is 1. The Bertz CT molecular complexity index is 315. The molecule has 3 nitrogen and oxygen atoms in total. The number of rotatable bonds is 5. The van der Waals surface area contributed by atoms with Crippen LogP contribution in [0, 0.1) is 0 Å². The van der Waals surface area contributed by atoms with E-state index in [0.717, 1.165) is 39.3 Å². The summed E-state index contributed by atoms with van der Waals surface area (Å²) >= 11 is 0. The summed E-state index contributed by atoms with van der Waals surface area (Å²) in [7, 11) is 1.74. The van der Waals surface area contributed by atoms with Gasteiger partial charge < -0.3 is 9.47 Å². The van der Waals surface area contributed by atoms with Crippen molar-refractivity contribution in [3.63, 3.8) is 0 Å². The predicted octanol–water partition coefficient (Wildman–Crippen LogP) is 1.92. The van der Waals surface area contributed by atoms with Crippen LogP contribution in [0.1, 0.15) is 12.0 Å². The van der Waals surface area contributed by atoms with Gasteiger partial charge in [-0.25, -0.2) is 0 Å². The van der Waals surface area contributed by atoms with Crippen molar-refractivity contribution in [2.24, 2.45) is 0 Å². The lowest BCUT2D eigenvalue weighted by atomic mass is 10.1. The molecule has 0 N–H and O–H groups in total. The second-order valence-corrected chi connectivity index (χ2v) is 4.49. The first kappa shape index (κ1) is 12.6. The third-order valence-corrected chi connectivity index (χ3v) is 3.12. The number of ether oxygens (including phenoxy) is 2. The van der Waals surface area contributed by atoms with E-state index in [9.17, 15) is 0 Å². The summed E-state index contributed by atoms with van der Waals surface area (Å²) in [4.78, 5) is 2.46. The van der Waals surface area contributed by atoms with E-state index in [-0.39, 0.29) is 0 Å². The molecule has 0 aliphatic carbocycles. The number of nitrogens with zero attached hydrogens (tertiary/aromatic N) is 1. The Morgan fingerprint density at radius 1 is 1.35 bits per heavy atom. The first-order valence-electron chi connectivity index (χ1n) is 6.25. The molecule has 94 valence electrons. The van der Waals surface area contributed by atoms with Crippen LogP contribution in [-0.2, 0) is 16.0 Å². The van der Waals surface area contributed by atoms with E-state index in [2.05, 4.69) is 35.2 Å². The monoisotopic (exact) mass is 235 g/mol. The Hall–Kier alpha value is -0.900. The van der Waals surface area contributed by atoms with E-state index in [0.29, 0.717) is 6.10 Å². The molecule has 0 spiro atoms. The second-order valence-electron chi connectivity index (χ2n) is 4.49. The zero-order valence-electron chi connectivity index (χ0n) is 10.5.